The molecule has 0 saturated heterocycles. The van der Waals surface area contributed by atoms with E-state index in [1.54, 1.807) is 7.11 Å². The van der Waals surface area contributed by atoms with E-state index in [2.05, 4.69) is 47.7 Å². The summed E-state index contributed by atoms with van der Waals surface area (Å²) >= 11 is 2.33. The van der Waals surface area contributed by atoms with Gasteiger partial charge < -0.3 is 4.74 Å². The van der Waals surface area contributed by atoms with Crippen LogP contribution in [0.2, 0.25) is 0 Å². The van der Waals surface area contributed by atoms with Crippen LogP contribution in [0.1, 0.15) is 19.4 Å². The summed E-state index contributed by atoms with van der Waals surface area (Å²) in [4.78, 5) is 0. The molecule has 0 unspecified atom stereocenters. The van der Waals surface area contributed by atoms with Gasteiger partial charge in [-0.15, -0.1) is 0 Å². The van der Waals surface area contributed by atoms with Crippen LogP contribution in [0.25, 0.3) is 0 Å². The van der Waals surface area contributed by atoms with Crippen LogP contribution in [0, 0.1) is 0 Å². The molecule has 0 aliphatic carbocycles. The standard InChI is InChI=1S/C9H15IN2O/c1-9(2,13-3)7-12-6-8(4-10)5-11-12/h5-6H,4,7H2,1-3H3. The number of nitrogens with zero attached hydrogens (tertiary/aromatic N) is 2. The van der Waals surface area contributed by atoms with Crippen molar-refractivity contribution in [2.24, 2.45) is 0 Å². The summed E-state index contributed by atoms with van der Waals surface area (Å²) in [7, 11) is 1.72. The van der Waals surface area contributed by atoms with Gasteiger partial charge in [0, 0.05) is 17.7 Å². The van der Waals surface area contributed by atoms with Gasteiger partial charge in [-0.25, -0.2) is 0 Å². The minimum absolute atomic E-state index is 0.144. The molecular weight excluding hydrogens is 279 g/mol. The summed E-state index contributed by atoms with van der Waals surface area (Å²) in [6, 6.07) is 0. The van der Waals surface area contributed by atoms with Crippen molar-refractivity contribution < 1.29 is 4.74 Å². The first kappa shape index (κ1) is 11.0. The lowest BCUT2D eigenvalue weighted by Crippen LogP contribution is -2.29. The van der Waals surface area contributed by atoms with Crippen molar-refractivity contribution in [1.29, 1.82) is 0 Å². The van der Waals surface area contributed by atoms with Crippen molar-refractivity contribution in [3.05, 3.63) is 18.0 Å². The molecule has 1 aromatic rings. The number of alkyl halides is 1. The zero-order valence-corrected chi connectivity index (χ0v) is 10.4. The van der Waals surface area contributed by atoms with Crippen molar-refractivity contribution in [1.82, 2.24) is 9.78 Å². The van der Waals surface area contributed by atoms with E-state index in [1.165, 1.54) is 5.56 Å². The normalized spacial score (nSPS) is 12.0. The third-order valence-corrected chi connectivity index (χ3v) is 2.82. The number of halogens is 1. The predicted octanol–water partition coefficient (Wildman–Crippen LogP) is 2.24. The second-order valence-electron chi connectivity index (χ2n) is 3.64. The molecule has 0 aromatic carbocycles. The molecule has 0 fully saturated rings. The highest BCUT2D eigenvalue weighted by Crippen LogP contribution is 2.12. The molecule has 0 bridgehead atoms. The molecule has 1 heterocycles. The first-order chi connectivity index (χ1) is 6.07. The molecule has 0 amide bonds. The second kappa shape index (κ2) is 4.41. The zero-order chi connectivity index (χ0) is 9.90. The minimum atomic E-state index is -0.144. The van der Waals surface area contributed by atoms with Crippen molar-refractivity contribution in [2.75, 3.05) is 7.11 Å². The van der Waals surface area contributed by atoms with Gasteiger partial charge in [0.05, 0.1) is 18.3 Å². The molecule has 4 heteroatoms. The van der Waals surface area contributed by atoms with Gasteiger partial charge in [-0.1, -0.05) is 22.6 Å². The molecule has 0 spiro atoms. The van der Waals surface area contributed by atoms with E-state index in [0.29, 0.717) is 0 Å². The number of hydrogen-bond donors (Lipinski definition) is 0. The Morgan fingerprint density at radius 1 is 1.62 bits per heavy atom. The van der Waals surface area contributed by atoms with Crippen molar-refractivity contribution >= 4 is 22.6 Å². The molecule has 0 aliphatic rings. The van der Waals surface area contributed by atoms with Crippen LogP contribution in [0.5, 0.6) is 0 Å². The topological polar surface area (TPSA) is 27.1 Å². The maximum Gasteiger partial charge on any atom is 0.0817 e. The third kappa shape index (κ3) is 3.27. The average Bonchev–Trinajstić information content (AvgIpc) is 2.52. The van der Waals surface area contributed by atoms with Crippen molar-refractivity contribution in [2.45, 2.75) is 30.4 Å². The Balaban J connectivity index is 2.63. The number of ether oxygens (including phenoxy) is 1. The van der Waals surface area contributed by atoms with Crippen LogP contribution >= 0.6 is 22.6 Å². The van der Waals surface area contributed by atoms with Gasteiger partial charge in [-0.2, -0.15) is 5.10 Å². The Morgan fingerprint density at radius 2 is 2.31 bits per heavy atom. The average molecular weight is 294 g/mol. The van der Waals surface area contributed by atoms with Gasteiger partial charge >= 0.3 is 0 Å². The van der Waals surface area contributed by atoms with Gasteiger partial charge in [0.15, 0.2) is 0 Å². The number of rotatable bonds is 4. The van der Waals surface area contributed by atoms with Crippen LogP contribution in [-0.4, -0.2) is 22.5 Å². The molecule has 1 aromatic heterocycles. The SMILES string of the molecule is COC(C)(C)Cn1cc(CI)cn1. The Hall–Kier alpha value is -0.100. The van der Waals surface area contributed by atoms with E-state index >= 15 is 0 Å². The molecule has 0 saturated carbocycles. The first-order valence-electron chi connectivity index (χ1n) is 4.20. The summed E-state index contributed by atoms with van der Waals surface area (Å²) in [6.45, 7) is 4.90. The number of methoxy groups -OCH3 is 1. The Bertz CT molecular complexity index is 270. The van der Waals surface area contributed by atoms with Crippen LogP contribution in [0.3, 0.4) is 0 Å². The molecule has 13 heavy (non-hydrogen) atoms. The largest absolute Gasteiger partial charge is 0.377 e. The van der Waals surface area contributed by atoms with Crippen LogP contribution < -0.4 is 0 Å². The fourth-order valence-corrected chi connectivity index (χ4v) is 1.41. The predicted molar refractivity (Wildman–Crippen MR) is 61.0 cm³/mol. The van der Waals surface area contributed by atoms with Gasteiger partial charge in [0.2, 0.25) is 0 Å². The highest BCUT2D eigenvalue weighted by Gasteiger charge is 2.17. The molecular formula is C9H15IN2O. The highest BCUT2D eigenvalue weighted by atomic mass is 127. The van der Waals surface area contributed by atoms with Crippen LogP contribution in [0.15, 0.2) is 12.4 Å². The Kier molecular flexibility index (Phi) is 3.73. The molecule has 3 nitrogen and oxygen atoms in total. The van der Waals surface area contributed by atoms with Crippen molar-refractivity contribution in [3.63, 3.8) is 0 Å². The van der Waals surface area contributed by atoms with Gasteiger partial charge in [0.25, 0.3) is 0 Å². The van der Waals surface area contributed by atoms with E-state index in [9.17, 15) is 0 Å². The maximum absolute atomic E-state index is 5.32. The summed E-state index contributed by atoms with van der Waals surface area (Å²) in [5, 5.41) is 4.25. The third-order valence-electron chi connectivity index (χ3n) is 1.94. The Morgan fingerprint density at radius 3 is 2.77 bits per heavy atom. The minimum Gasteiger partial charge on any atom is -0.377 e. The smallest absolute Gasteiger partial charge is 0.0817 e. The number of hydrogen-bond acceptors (Lipinski definition) is 2. The van der Waals surface area contributed by atoms with E-state index in [1.807, 2.05) is 10.9 Å². The van der Waals surface area contributed by atoms with Gasteiger partial charge in [-0.3, -0.25) is 4.68 Å². The second-order valence-corrected chi connectivity index (χ2v) is 4.41. The van der Waals surface area contributed by atoms with E-state index < -0.39 is 0 Å². The molecule has 74 valence electrons. The lowest BCUT2D eigenvalue weighted by molar-refractivity contribution is 0.00541. The molecule has 0 radical (unpaired) electrons. The summed E-state index contributed by atoms with van der Waals surface area (Å²) < 4.78 is 8.25. The van der Waals surface area contributed by atoms with E-state index in [0.717, 1.165) is 11.0 Å². The first-order valence-corrected chi connectivity index (χ1v) is 5.72. The van der Waals surface area contributed by atoms with Crippen LogP contribution in [-0.2, 0) is 15.7 Å². The molecule has 1 rings (SSSR count). The maximum atomic E-state index is 5.32. The molecule has 0 aliphatic heterocycles. The quantitative estimate of drug-likeness (QED) is 0.629. The van der Waals surface area contributed by atoms with Gasteiger partial charge in [-0.05, 0) is 19.4 Å². The van der Waals surface area contributed by atoms with E-state index in [4.69, 9.17) is 4.74 Å². The fourth-order valence-electron chi connectivity index (χ4n) is 1.02. The monoisotopic (exact) mass is 294 g/mol. The highest BCUT2D eigenvalue weighted by molar-refractivity contribution is 14.1. The summed E-state index contributed by atoms with van der Waals surface area (Å²) in [5.74, 6) is 0. The molecule has 0 atom stereocenters. The summed E-state index contributed by atoms with van der Waals surface area (Å²) in [6.07, 6.45) is 3.96. The van der Waals surface area contributed by atoms with Gasteiger partial charge in [0.1, 0.15) is 0 Å². The molecule has 0 N–H and O–H groups in total. The van der Waals surface area contributed by atoms with Crippen LogP contribution in [0.4, 0.5) is 0 Å². The fraction of sp³-hybridized carbons (Fsp3) is 0.667. The summed E-state index contributed by atoms with van der Waals surface area (Å²) in [5.41, 5.74) is 1.11. The van der Waals surface area contributed by atoms with Crippen molar-refractivity contribution in [3.8, 4) is 0 Å². The zero-order valence-electron chi connectivity index (χ0n) is 8.25. The Labute approximate surface area is 92.6 Å². The number of aromatic nitrogens is 2. The lowest BCUT2D eigenvalue weighted by atomic mass is 10.1. The van der Waals surface area contributed by atoms with E-state index in [-0.39, 0.29) is 5.60 Å². The lowest BCUT2D eigenvalue weighted by Gasteiger charge is -2.22.